The average Bonchev–Trinajstić information content (AvgIpc) is 2.95. The second-order valence-electron chi connectivity index (χ2n) is 4.30. The molecule has 0 radical (unpaired) electrons. The largest absolute Gasteiger partial charge is 0.387 e. The quantitative estimate of drug-likeness (QED) is 0.845. The number of carbonyl (C=O) groups is 1. The van der Waals surface area contributed by atoms with E-state index in [1.165, 1.54) is 0 Å². The van der Waals surface area contributed by atoms with Crippen molar-refractivity contribution in [2.75, 3.05) is 6.54 Å². The van der Waals surface area contributed by atoms with Gasteiger partial charge in [0.1, 0.15) is 0 Å². The van der Waals surface area contributed by atoms with E-state index >= 15 is 0 Å². The van der Waals surface area contributed by atoms with Crippen molar-refractivity contribution in [2.45, 2.75) is 31.8 Å². The molecule has 1 fully saturated rings. The summed E-state index contributed by atoms with van der Waals surface area (Å²) in [5.41, 5.74) is 0.886. The number of thiophene rings is 1. The van der Waals surface area contributed by atoms with Crippen LogP contribution < -0.4 is 5.32 Å². The molecule has 1 aromatic rings. The minimum absolute atomic E-state index is 0.103. The van der Waals surface area contributed by atoms with Crippen LogP contribution in [0.1, 0.15) is 37.4 Å². The standard InChI is InChI=1S/C12H17NO2S/c14-11(10-5-6-16-8-10)7-13-12(15)9-3-1-2-4-9/h5-6,8-9,11,14H,1-4,7H2,(H,13,15). The average molecular weight is 239 g/mol. The van der Waals surface area contributed by atoms with Gasteiger partial charge in [-0.1, -0.05) is 12.8 Å². The highest BCUT2D eigenvalue weighted by Gasteiger charge is 2.22. The van der Waals surface area contributed by atoms with Crippen LogP contribution in [0, 0.1) is 5.92 Å². The Morgan fingerprint density at radius 3 is 2.94 bits per heavy atom. The number of amides is 1. The second kappa shape index (κ2) is 5.46. The summed E-state index contributed by atoms with van der Waals surface area (Å²) in [6.45, 7) is 0.325. The van der Waals surface area contributed by atoms with Crippen LogP contribution in [0.3, 0.4) is 0 Å². The van der Waals surface area contributed by atoms with Crippen LogP contribution in [-0.2, 0) is 4.79 Å². The number of nitrogens with one attached hydrogen (secondary N) is 1. The van der Waals surface area contributed by atoms with Gasteiger partial charge < -0.3 is 10.4 Å². The molecule has 16 heavy (non-hydrogen) atoms. The highest BCUT2D eigenvalue weighted by molar-refractivity contribution is 7.07. The summed E-state index contributed by atoms with van der Waals surface area (Å²) in [7, 11) is 0. The molecule has 2 N–H and O–H groups in total. The third kappa shape index (κ3) is 2.83. The van der Waals surface area contributed by atoms with Crippen LogP contribution in [0.5, 0.6) is 0 Å². The molecule has 1 unspecified atom stereocenters. The van der Waals surface area contributed by atoms with Crippen molar-refractivity contribution in [3.05, 3.63) is 22.4 Å². The van der Waals surface area contributed by atoms with E-state index in [9.17, 15) is 9.90 Å². The van der Waals surface area contributed by atoms with E-state index < -0.39 is 6.10 Å². The fraction of sp³-hybridized carbons (Fsp3) is 0.583. The molecule has 88 valence electrons. The van der Waals surface area contributed by atoms with Crippen LogP contribution in [0.2, 0.25) is 0 Å². The molecule has 0 aromatic carbocycles. The first-order chi connectivity index (χ1) is 7.77. The van der Waals surface area contributed by atoms with Gasteiger partial charge in [0.15, 0.2) is 0 Å². The third-order valence-electron chi connectivity index (χ3n) is 3.12. The van der Waals surface area contributed by atoms with E-state index in [0.717, 1.165) is 31.2 Å². The van der Waals surface area contributed by atoms with Crippen molar-refractivity contribution in [2.24, 2.45) is 5.92 Å². The lowest BCUT2D eigenvalue weighted by Crippen LogP contribution is -2.32. The van der Waals surface area contributed by atoms with Gasteiger partial charge >= 0.3 is 0 Å². The predicted molar refractivity (Wildman–Crippen MR) is 64.2 cm³/mol. The van der Waals surface area contributed by atoms with Crippen LogP contribution in [-0.4, -0.2) is 17.6 Å². The molecule has 2 rings (SSSR count). The van der Waals surface area contributed by atoms with Gasteiger partial charge in [-0.2, -0.15) is 11.3 Å². The molecule has 4 heteroatoms. The Morgan fingerprint density at radius 2 is 2.31 bits per heavy atom. The highest BCUT2D eigenvalue weighted by atomic mass is 32.1. The molecule has 1 aliphatic carbocycles. The van der Waals surface area contributed by atoms with Crippen molar-refractivity contribution in [3.63, 3.8) is 0 Å². The summed E-state index contributed by atoms with van der Waals surface area (Å²) in [6.07, 6.45) is 3.74. The first-order valence-electron chi connectivity index (χ1n) is 5.75. The molecule has 1 aromatic heterocycles. The Balaban J connectivity index is 1.76. The lowest BCUT2D eigenvalue weighted by Gasteiger charge is -2.13. The molecule has 0 bridgehead atoms. The monoisotopic (exact) mass is 239 g/mol. The zero-order valence-corrected chi connectivity index (χ0v) is 10.0. The van der Waals surface area contributed by atoms with Gasteiger partial charge in [-0.3, -0.25) is 4.79 Å². The fourth-order valence-corrected chi connectivity index (χ4v) is 2.82. The van der Waals surface area contributed by atoms with Crippen molar-refractivity contribution < 1.29 is 9.90 Å². The SMILES string of the molecule is O=C(NCC(O)c1ccsc1)C1CCCC1. The summed E-state index contributed by atoms with van der Waals surface area (Å²) >= 11 is 1.55. The molecule has 0 saturated heterocycles. The zero-order valence-electron chi connectivity index (χ0n) is 9.19. The molecule has 1 heterocycles. The Morgan fingerprint density at radius 1 is 1.56 bits per heavy atom. The molecule has 0 aliphatic heterocycles. The lowest BCUT2D eigenvalue weighted by molar-refractivity contribution is -0.125. The summed E-state index contributed by atoms with van der Waals surface area (Å²) < 4.78 is 0. The first kappa shape index (κ1) is 11.6. The van der Waals surface area contributed by atoms with Crippen molar-refractivity contribution in [3.8, 4) is 0 Å². The Bertz CT molecular complexity index is 331. The van der Waals surface area contributed by atoms with Gasteiger partial charge in [-0.25, -0.2) is 0 Å². The minimum Gasteiger partial charge on any atom is -0.387 e. The maximum Gasteiger partial charge on any atom is 0.223 e. The van der Waals surface area contributed by atoms with Crippen LogP contribution >= 0.6 is 11.3 Å². The van der Waals surface area contributed by atoms with Gasteiger partial charge in [0.2, 0.25) is 5.91 Å². The van der Waals surface area contributed by atoms with Gasteiger partial charge in [-0.05, 0) is 35.2 Å². The molecule has 1 atom stereocenters. The zero-order chi connectivity index (χ0) is 11.4. The number of hydrogen-bond acceptors (Lipinski definition) is 3. The van der Waals surface area contributed by atoms with E-state index in [4.69, 9.17) is 0 Å². The molecular weight excluding hydrogens is 222 g/mol. The second-order valence-corrected chi connectivity index (χ2v) is 5.08. The maximum absolute atomic E-state index is 11.7. The molecule has 3 nitrogen and oxygen atoms in total. The summed E-state index contributed by atoms with van der Waals surface area (Å²) in [4.78, 5) is 11.7. The Hall–Kier alpha value is -0.870. The number of carbonyl (C=O) groups excluding carboxylic acids is 1. The topological polar surface area (TPSA) is 49.3 Å². The van der Waals surface area contributed by atoms with Crippen LogP contribution in [0.25, 0.3) is 0 Å². The number of aliphatic hydroxyl groups is 1. The van der Waals surface area contributed by atoms with E-state index in [-0.39, 0.29) is 11.8 Å². The fourth-order valence-electron chi connectivity index (χ4n) is 2.11. The highest BCUT2D eigenvalue weighted by Crippen LogP contribution is 2.24. The molecule has 0 spiro atoms. The van der Waals surface area contributed by atoms with Crippen molar-refractivity contribution in [1.29, 1.82) is 0 Å². The molecule has 1 amide bonds. The first-order valence-corrected chi connectivity index (χ1v) is 6.69. The van der Waals surface area contributed by atoms with Crippen molar-refractivity contribution in [1.82, 2.24) is 5.32 Å². The summed E-state index contributed by atoms with van der Waals surface area (Å²) in [5, 5.41) is 16.5. The Labute approximate surface area is 99.5 Å². The minimum atomic E-state index is -0.573. The van der Waals surface area contributed by atoms with E-state index in [2.05, 4.69) is 5.32 Å². The smallest absolute Gasteiger partial charge is 0.223 e. The van der Waals surface area contributed by atoms with Crippen molar-refractivity contribution >= 4 is 17.2 Å². The summed E-state index contributed by atoms with van der Waals surface area (Å²) in [6, 6.07) is 1.89. The molecular formula is C12H17NO2S. The van der Waals surface area contributed by atoms with Crippen LogP contribution in [0.4, 0.5) is 0 Å². The van der Waals surface area contributed by atoms with E-state index in [0.29, 0.717) is 6.54 Å². The van der Waals surface area contributed by atoms with Gasteiger partial charge in [0.25, 0.3) is 0 Å². The normalized spacial score (nSPS) is 18.6. The summed E-state index contributed by atoms with van der Waals surface area (Å²) in [5.74, 6) is 0.279. The third-order valence-corrected chi connectivity index (χ3v) is 3.83. The maximum atomic E-state index is 11.7. The van der Waals surface area contributed by atoms with Gasteiger partial charge in [0.05, 0.1) is 6.10 Å². The Kier molecular flexibility index (Phi) is 3.96. The van der Waals surface area contributed by atoms with E-state index in [1.54, 1.807) is 11.3 Å². The molecule has 1 saturated carbocycles. The number of hydrogen-bond donors (Lipinski definition) is 2. The lowest BCUT2D eigenvalue weighted by atomic mass is 10.1. The van der Waals surface area contributed by atoms with E-state index in [1.807, 2.05) is 16.8 Å². The van der Waals surface area contributed by atoms with Crippen LogP contribution in [0.15, 0.2) is 16.8 Å². The predicted octanol–water partition coefficient (Wildman–Crippen LogP) is 2.09. The number of aliphatic hydroxyl groups excluding tert-OH is 1. The molecule has 1 aliphatic rings. The number of rotatable bonds is 4. The van der Waals surface area contributed by atoms with Gasteiger partial charge in [0, 0.05) is 12.5 Å². The van der Waals surface area contributed by atoms with Gasteiger partial charge in [-0.15, -0.1) is 0 Å².